The summed E-state index contributed by atoms with van der Waals surface area (Å²) in [5, 5.41) is 17.9. The third kappa shape index (κ3) is 7.82. The molecule has 0 saturated heterocycles. The lowest BCUT2D eigenvalue weighted by Gasteiger charge is -2.26. The molecule has 0 amide bonds. The lowest BCUT2D eigenvalue weighted by molar-refractivity contribution is 0.879. The van der Waals surface area contributed by atoms with Crippen LogP contribution in [0.4, 0.5) is 0 Å². The zero-order valence-corrected chi connectivity index (χ0v) is 40.5. The first-order chi connectivity index (χ1) is 36.3. The Kier molecular flexibility index (Phi) is 11.4. The minimum Gasteiger partial charge on any atom is -0.134 e. The van der Waals surface area contributed by atoms with E-state index in [-0.39, 0.29) is 0 Å². The Labute approximate surface area is 429 Å². The fourth-order valence-corrected chi connectivity index (χ4v) is 12.1. The number of fused-ring (bicyclic) bond motifs is 3. The number of rotatable bonds is 10. The molecule has 4 heteroatoms. The molecule has 0 unspecified atom stereocenters. The van der Waals surface area contributed by atoms with E-state index in [2.05, 4.69) is 273 Å². The van der Waals surface area contributed by atoms with Gasteiger partial charge < -0.3 is 0 Å². The molecule has 2 aromatic heterocycles. The number of hydrogen-bond donors (Lipinski definition) is 0. The van der Waals surface area contributed by atoms with Gasteiger partial charge in [-0.15, -0.1) is 21.5 Å². The highest BCUT2D eigenvalue weighted by molar-refractivity contribution is 7.26. The van der Waals surface area contributed by atoms with Gasteiger partial charge in [0.25, 0.3) is 0 Å². The van der Waals surface area contributed by atoms with E-state index in [0.29, 0.717) is 0 Å². The summed E-state index contributed by atoms with van der Waals surface area (Å²) in [4.78, 5) is 0. The molecule has 0 radical (unpaired) electrons. The van der Waals surface area contributed by atoms with Crippen LogP contribution in [0.15, 0.2) is 273 Å². The highest BCUT2D eigenvalue weighted by atomic mass is 32.1. The van der Waals surface area contributed by atoms with Gasteiger partial charge in [0, 0.05) is 53.6 Å². The van der Waals surface area contributed by atoms with Gasteiger partial charge in [-0.1, -0.05) is 267 Å². The predicted octanol–water partition coefficient (Wildman–Crippen LogP) is 18.9. The van der Waals surface area contributed by atoms with Gasteiger partial charge in [-0.25, -0.2) is 0 Å². The zero-order chi connectivity index (χ0) is 48.5. The molecule has 11 aromatic carbocycles. The van der Waals surface area contributed by atoms with E-state index in [1.54, 1.807) is 0 Å². The average Bonchev–Trinajstić information content (AvgIpc) is 3.87. The van der Waals surface area contributed by atoms with Gasteiger partial charge >= 0.3 is 0 Å². The topological polar surface area (TPSA) is 38.7 Å². The second kappa shape index (κ2) is 19.1. The van der Waals surface area contributed by atoms with Gasteiger partial charge in [0.05, 0.1) is 0 Å². The Morgan fingerprint density at radius 3 is 1.05 bits per heavy atom. The normalized spacial score (nSPS) is 11.3. The summed E-state index contributed by atoms with van der Waals surface area (Å²) in [6, 6.07) is 97.9. The number of aromatic nitrogens is 3. The molecule has 0 spiro atoms. The molecular weight excluding hydrogens is 903 g/mol. The number of benzene rings is 11. The smallest absolute Gasteiger partial charge is 0.106 e. The summed E-state index contributed by atoms with van der Waals surface area (Å²) in [6.45, 7) is 0. The van der Waals surface area contributed by atoms with Gasteiger partial charge in [0.15, 0.2) is 0 Å². The fourth-order valence-electron chi connectivity index (χ4n) is 10.8. The Hall–Kier alpha value is -9.35. The van der Waals surface area contributed by atoms with Gasteiger partial charge in [-0.2, -0.15) is 0 Å². The van der Waals surface area contributed by atoms with Crippen LogP contribution in [0.1, 0.15) is 0 Å². The highest BCUT2D eigenvalue weighted by Crippen LogP contribution is 2.58. The Balaban J connectivity index is 1.31. The number of hydrogen-bond acceptors (Lipinski definition) is 4. The second-order valence-corrected chi connectivity index (χ2v) is 19.2. The third-order valence-corrected chi connectivity index (χ3v) is 15.2. The molecule has 0 aliphatic heterocycles. The van der Waals surface area contributed by atoms with Crippen molar-refractivity contribution in [3.63, 3.8) is 0 Å². The maximum atomic E-state index is 5.45. The third-order valence-electron chi connectivity index (χ3n) is 14.0. The summed E-state index contributed by atoms with van der Waals surface area (Å²) < 4.78 is 2.41. The first kappa shape index (κ1) is 43.7. The monoisotopic (exact) mass is 947 g/mol. The fraction of sp³-hybridized carbons (Fsp3) is 0. The summed E-state index contributed by atoms with van der Waals surface area (Å²) >= 11 is 1.86. The molecule has 13 rings (SSSR count). The predicted molar refractivity (Wildman–Crippen MR) is 307 cm³/mol. The van der Waals surface area contributed by atoms with Crippen molar-refractivity contribution in [3.05, 3.63) is 273 Å². The standard InChI is InChI=1S/C69H45N3S/c1-6-26-46(27-7-1)51-36-16-20-40-55(51)62-63(56-41-21-17-37-52(56)47-28-8-2-9-29-47)69-64(59-44-24-25-45-60(59)73-69)61(50-34-14-5-15-35-50)66(62)68-65(57-42-22-18-38-53(57)48-30-10-3-11-31-48)67(70-72-71-68)58-43-23-19-39-54(58)49-32-12-4-13-33-49/h1-45H. The van der Waals surface area contributed by atoms with E-state index in [1.165, 1.54) is 20.2 Å². The molecule has 13 aromatic rings. The van der Waals surface area contributed by atoms with E-state index >= 15 is 0 Å². The molecule has 2 heterocycles. The van der Waals surface area contributed by atoms with E-state index in [1.807, 2.05) is 11.3 Å². The van der Waals surface area contributed by atoms with E-state index in [0.717, 1.165) is 112 Å². The maximum absolute atomic E-state index is 5.45. The summed E-state index contributed by atoms with van der Waals surface area (Å²) in [5.74, 6) is 0. The summed E-state index contributed by atoms with van der Waals surface area (Å²) in [7, 11) is 0. The van der Waals surface area contributed by atoms with Crippen LogP contribution in [0, 0.1) is 0 Å². The van der Waals surface area contributed by atoms with Crippen LogP contribution >= 0.6 is 11.3 Å². The Bertz CT molecular complexity index is 4110. The first-order valence-electron chi connectivity index (χ1n) is 24.7. The lowest BCUT2D eigenvalue weighted by atomic mass is 9.77. The molecule has 0 bridgehead atoms. The van der Waals surface area contributed by atoms with E-state index in [9.17, 15) is 0 Å². The molecular formula is C69H45N3S. The molecule has 342 valence electrons. The molecule has 0 aliphatic carbocycles. The van der Waals surface area contributed by atoms with Crippen LogP contribution in [0.3, 0.4) is 0 Å². The van der Waals surface area contributed by atoms with Crippen LogP contribution in [0.25, 0.3) is 132 Å². The van der Waals surface area contributed by atoms with Crippen LogP contribution < -0.4 is 0 Å². The van der Waals surface area contributed by atoms with Crippen LogP contribution in [-0.4, -0.2) is 15.4 Å². The van der Waals surface area contributed by atoms with Gasteiger partial charge in [-0.3, -0.25) is 0 Å². The number of thiophene rings is 1. The van der Waals surface area contributed by atoms with Crippen molar-refractivity contribution in [1.29, 1.82) is 0 Å². The summed E-state index contributed by atoms with van der Waals surface area (Å²) in [5.41, 5.74) is 20.8. The van der Waals surface area contributed by atoms with Crippen molar-refractivity contribution in [1.82, 2.24) is 15.4 Å². The molecule has 0 atom stereocenters. The average molecular weight is 948 g/mol. The molecule has 73 heavy (non-hydrogen) atoms. The van der Waals surface area contributed by atoms with Crippen molar-refractivity contribution >= 4 is 31.5 Å². The SMILES string of the molecule is c1ccc(-c2ccccc2-c2nnnc(-c3c(-c4ccccc4-c4ccccc4)c(-c4ccccc4-c4ccccc4)c4sc5ccccc5c4c3-c3ccccc3)c2-c2ccccc2-c2ccccc2)cc1. The molecule has 3 nitrogen and oxygen atoms in total. The highest BCUT2D eigenvalue weighted by Gasteiger charge is 2.33. The second-order valence-electron chi connectivity index (χ2n) is 18.2. The first-order valence-corrected chi connectivity index (χ1v) is 25.5. The van der Waals surface area contributed by atoms with Gasteiger partial charge in [0.1, 0.15) is 11.4 Å². The molecule has 0 N–H and O–H groups in total. The van der Waals surface area contributed by atoms with E-state index in [4.69, 9.17) is 15.4 Å². The zero-order valence-electron chi connectivity index (χ0n) is 39.7. The summed E-state index contributed by atoms with van der Waals surface area (Å²) in [6.07, 6.45) is 0. The van der Waals surface area contributed by atoms with Crippen molar-refractivity contribution < 1.29 is 0 Å². The van der Waals surface area contributed by atoms with Crippen molar-refractivity contribution in [3.8, 4) is 112 Å². The number of nitrogens with zero attached hydrogens (tertiary/aromatic N) is 3. The van der Waals surface area contributed by atoms with Crippen LogP contribution in [0.5, 0.6) is 0 Å². The van der Waals surface area contributed by atoms with Gasteiger partial charge in [0.2, 0.25) is 0 Å². The van der Waals surface area contributed by atoms with Crippen molar-refractivity contribution in [2.45, 2.75) is 0 Å². The Morgan fingerprint density at radius 1 is 0.233 bits per heavy atom. The van der Waals surface area contributed by atoms with Crippen LogP contribution in [-0.2, 0) is 0 Å². The van der Waals surface area contributed by atoms with Crippen molar-refractivity contribution in [2.75, 3.05) is 0 Å². The largest absolute Gasteiger partial charge is 0.134 e. The lowest BCUT2D eigenvalue weighted by Crippen LogP contribution is -2.05. The molecule has 0 saturated carbocycles. The van der Waals surface area contributed by atoms with Crippen molar-refractivity contribution in [2.24, 2.45) is 0 Å². The molecule has 0 fully saturated rings. The van der Waals surface area contributed by atoms with Crippen LogP contribution in [0.2, 0.25) is 0 Å². The maximum Gasteiger partial charge on any atom is 0.106 e. The van der Waals surface area contributed by atoms with E-state index < -0.39 is 0 Å². The molecule has 0 aliphatic rings. The van der Waals surface area contributed by atoms with Gasteiger partial charge in [-0.05, 0) is 78.0 Å². The quantitative estimate of drug-likeness (QED) is 0.137. The minimum atomic E-state index is 0.739. The Morgan fingerprint density at radius 2 is 0.575 bits per heavy atom. The minimum absolute atomic E-state index is 0.739.